The number of hydrogen-bond acceptors (Lipinski definition) is 7. The summed E-state index contributed by atoms with van der Waals surface area (Å²) >= 11 is 0. The molecule has 0 aliphatic carbocycles. The maximum atomic E-state index is 13.8. The second-order valence-corrected chi connectivity index (χ2v) is 12.4. The monoisotopic (exact) mass is 591 g/mol. The van der Waals surface area contributed by atoms with E-state index in [4.69, 9.17) is 18.9 Å². The van der Waals surface area contributed by atoms with Crippen molar-refractivity contribution in [2.24, 2.45) is 5.41 Å². The summed E-state index contributed by atoms with van der Waals surface area (Å²) in [5, 5.41) is 0. The van der Waals surface area contributed by atoms with Gasteiger partial charge in [-0.05, 0) is 74.9 Å². The van der Waals surface area contributed by atoms with Gasteiger partial charge in [0.05, 0.1) is 45.1 Å². The van der Waals surface area contributed by atoms with Crippen LogP contribution in [-0.4, -0.2) is 101 Å². The van der Waals surface area contributed by atoms with Crippen LogP contribution in [0.4, 0.5) is 5.69 Å². The number of morpholine rings is 1. The molecule has 6 rings (SSSR count). The Balaban J connectivity index is 1.15. The van der Waals surface area contributed by atoms with E-state index in [9.17, 15) is 9.59 Å². The Morgan fingerprint density at radius 1 is 0.907 bits per heavy atom. The van der Waals surface area contributed by atoms with Gasteiger partial charge in [-0.1, -0.05) is 12.5 Å². The fraction of sp³-hybridized carbons (Fsp3) is 0.588. The van der Waals surface area contributed by atoms with Crippen LogP contribution in [0.3, 0.4) is 0 Å². The number of ether oxygens (including phenoxy) is 4. The quantitative estimate of drug-likeness (QED) is 0.515. The molecule has 0 radical (unpaired) electrons. The first-order chi connectivity index (χ1) is 21.0. The summed E-state index contributed by atoms with van der Waals surface area (Å²) < 4.78 is 23.6. The first-order valence-electron chi connectivity index (χ1n) is 16.0. The maximum Gasteiger partial charge on any atom is 0.257 e. The van der Waals surface area contributed by atoms with Crippen LogP contribution in [0.25, 0.3) is 0 Å². The number of fused-ring (bicyclic) bond motifs is 3. The third-order valence-electron chi connectivity index (χ3n) is 9.72. The van der Waals surface area contributed by atoms with E-state index in [0.717, 1.165) is 76.0 Å². The van der Waals surface area contributed by atoms with Gasteiger partial charge < -0.3 is 33.6 Å². The molecule has 1 spiro atoms. The van der Waals surface area contributed by atoms with Gasteiger partial charge in [-0.2, -0.15) is 0 Å². The highest BCUT2D eigenvalue weighted by Gasteiger charge is 2.38. The molecule has 2 aromatic carbocycles. The van der Waals surface area contributed by atoms with Crippen molar-refractivity contribution in [1.29, 1.82) is 0 Å². The van der Waals surface area contributed by atoms with Crippen LogP contribution in [-0.2, 0) is 9.47 Å². The van der Waals surface area contributed by atoms with Crippen molar-refractivity contribution in [3.05, 3.63) is 53.6 Å². The summed E-state index contributed by atoms with van der Waals surface area (Å²) in [5.41, 5.74) is 2.26. The molecular weight excluding hydrogens is 546 g/mol. The number of piperidine rings is 1. The average molecular weight is 592 g/mol. The molecule has 0 unspecified atom stereocenters. The van der Waals surface area contributed by atoms with Gasteiger partial charge in [-0.25, -0.2) is 0 Å². The molecule has 0 aromatic heterocycles. The van der Waals surface area contributed by atoms with Gasteiger partial charge in [0.1, 0.15) is 11.5 Å². The number of methoxy groups -OCH3 is 1. The molecule has 0 N–H and O–H groups in total. The molecular formula is C34H45N3O6. The zero-order valence-electron chi connectivity index (χ0n) is 25.4. The average Bonchev–Trinajstić information content (AvgIpc) is 3.53. The summed E-state index contributed by atoms with van der Waals surface area (Å²) in [4.78, 5) is 33.4. The number of rotatable bonds is 3. The van der Waals surface area contributed by atoms with Crippen LogP contribution in [0.15, 0.2) is 42.5 Å². The zero-order valence-corrected chi connectivity index (χ0v) is 25.4. The Hall–Kier alpha value is -3.30. The summed E-state index contributed by atoms with van der Waals surface area (Å²) in [6, 6.07) is 13.7. The Labute approximate surface area is 255 Å². The lowest BCUT2D eigenvalue weighted by atomic mass is 9.75. The minimum absolute atomic E-state index is 0.0139. The van der Waals surface area contributed by atoms with E-state index in [1.54, 1.807) is 7.11 Å². The Bertz CT molecular complexity index is 1270. The van der Waals surface area contributed by atoms with Crippen molar-refractivity contribution >= 4 is 17.5 Å². The van der Waals surface area contributed by atoms with Gasteiger partial charge in [0.25, 0.3) is 11.8 Å². The minimum Gasteiger partial charge on any atom is -0.496 e. The largest absolute Gasteiger partial charge is 0.496 e. The molecule has 1 atom stereocenters. The number of benzene rings is 2. The summed E-state index contributed by atoms with van der Waals surface area (Å²) in [6.45, 7) is 6.98. The summed E-state index contributed by atoms with van der Waals surface area (Å²) in [5.74, 6) is 1.41. The zero-order chi connectivity index (χ0) is 29.6. The van der Waals surface area contributed by atoms with Crippen LogP contribution in [0, 0.1) is 5.41 Å². The highest BCUT2D eigenvalue weighted by molar-refractivity contribution is 5.98. The highest BCUT2D eigenvalue weighted by atomic mass is 16.5. The molecule has 9 nitrogen and oxygen atoms in total. The minimum atomic E-state index is -0.0449. The van der Waals surface area contributed by atoms with Crippen molar-refractivity contribution in [1.82, 2.24) is 9.80 Å². The number of nitrogens with zero attached hydrogens (tertiary/aromatic N) is 3. The first-order valence-corrected chi connectivity index (χ1v) is 16.0. The van der Waals surface area contributed by atoms with E-state index in [1.807, 2.05) is 52.3 Å². The van der Waals surface area contributed by atoms with Crippen LogP contribution in [0.1, 0.15) is 65.7 Å². The molecule has 4 aliphatic heterocycles. The highest BCUT2D eigenvalue weighted by Crippen LogP contribution is 2.39. The fourth-order valence-corrected chi connectivity index (χ4v) is 7.02. The number of carbonyl (C=O) groups is 2. The van der Waals surface area contributed by atoms with Crippen molar-refractivity contribution in [3.8, 4) is 11.5 Å². The first kappa shape index (κ1) is 29.8. The maximum absolute atomic E-state index is 13.8. The van der Waals surface area contributed by atoms with Crippen LogP contribution in [0.2, 0.25) is 0 Å². The van der Waals surface area contributed by atoms with Gasteiger partial charge >= 0.3 is 0 Å². The lowest BCUT2D eigenvalue weighted by molar-refractivity contribution is 0.0331. The number of likely N-dealkylation sites (tertiary alicyclic amines) is 1. The summed E-state index contributed by atoms with van der Waals surface area (Å²) in [6.07, 6.45) is 6.76. The molecule has 2 bridgehead atoms. The number of hydrogen-bond donors (Lipinski definition) is 0. The SMILES string of the molecule is COc1ccc(N2CCOCC2)cc1C(=O)N1CCC2(CCCCOC[C@@H]3CCCN3C(=O)c3cccc(c3)OC2)CC1. The second-order valence-electron chi connectivity index (χ2n) is 12.4. The Kier molecular flexibility index (Phi) is 9.38. The third-order valence-corrected chi connectivity index (χ3v) is 9.72. The fourth-order valence-electron chi connectivity index (χ4n) is 7.02. The number of carbonyl (C=O) groups excluding carboxylic acids is 2. The van der Waals surface area contributed by atoms with Crippen LogP contribution in [0.5, 0.6) is 11.5 Å². The van der Waals surface area contributed by atoms with Crippen molar-refractivity contribution in [3.63, 3.8) is 0 Å². The predicted molar refractivity (Wildman–Crippen MR) is 164 cm³/mol. The van der Waals surface area contributed by atoms with E-state index >= 15 is 0 Å². The molecule has 0 saturated carbocycles. The normalized spacial score (nSPS) is 23.2. The second kappa shape index (κ2) is 13.6. The van der Waals surface area contributed by atoms with E-state index in [0.29, 0.717) is 63.0 Å². The lowest BCUT2D eigenvalue weighted by Gasteiger charge is -2.42. The van der Waals surface area contributed by atoms with Crippen LogP contribution >= 0.6 is 0 Å². The Morgan fingerprint density at radius 2 is 1.74 bits per heavy atom. The van der Waals surface area contributed by atoms with Gasteiger partial charge in [0, 0.05) is 56.0 Å². The molecule has 4 aliphatic rings. The predicted octanol–water partition coefficient (Wildman–Crippen LogP) is 4.64. The van der Waals surface area contributed by atoms with Gasteiger partial charge in [0.15, 0.2) is 0 Å². The van der Waals surface area contributed by atoms with Gasteiger partial charge in [-0.3, -0.25) is 9.59 Å². The van der Waals surface area contributed by atoms with Gasteiger partial charge in [-0.15, -0.1) is 0 Å². The lowest BCUT2D eigenvalue weighted by Crippen LogP contribution is -2.45. The molecule has 2 amide bonds. The summed E-state index contributed by atoms with van der Waals surface area (Å²) in [7, 11) is 1.62. The van der Waals surface area contributed by atoms with Crippen molar-refractivity contribution < 1.29 is 28.5 Å². The molecule has 4 heterocycles. The molecule has 9 heteroatoms. The topological polar surface area (TPSA) is 80.8 Å². The smallest absolute Gasteiger partial charge is 0.257 e. The number of amides is 2. The molecule has 232 valence electrons. The third kappa shape index (κ3) is 6.78. The van der Waals surface area contributed by atoms with E-state index in [1.165, 1.54) is 0 Å². The molecule has 2 aromatic rings. The van der Waals surface area contributed by atoms with Gasteiger partial charge in [0.2, 0.25) is 0 Å². The molecule has 43 heavy (non-hydrogen) atoms. The van der Waals surface area contributed by atoms with E-state index in [2.05, 4.69) is 4.90 Å². The van der Waals surface area contributed by atoms with E-state index < -0.39 is 0 Å². The van der Waals surface area contributed by atoms with Crippen molar-refractivity contribution in [2.45, 2.75) is 51.0 Å². The number of anilines is 1. The van der Waals surface area contributed by atoms with Crippen molar-refractivity contribution in [2.75, 3.05) is 77.8 Å². The molecule has 3 saturated heterocycles. The molecule has 3 fully saturated rings. The standard InChI is InChI=1S/C34H45N3O6/c1-40-31-10-9-27(35-17-20-41-21-18-35)23-30(31)33(39)36-15-12-34(13-16-36)11-2-3-19-42-24-28-7-5-14-37(28)32(38)26-6-4-8-29(22-26)43-25-34/h4,6,8-10,22-23,28H,2-3,5,7,11-21,24-25H2,1H3/t28-/m0/s1. The van der Waals surface area contributed by atoms with E-state index in [-0.39, 0.29) is 23.3 Å². The van der Waals surface area contributed by atoms with Crippen LogP contribution < -0.4 is 14.4 Å². The Morgan fingerprint density at radius 3 is 2.56 bits per heavy atom.